The van der Waals surface area contributed by atoms with Crippen LogP contribution in [0.2, 0.25) is 0 Å². The molecule has 4 rings (SSSR count). The molecule has 8 heteroatoms. The van der Waals surface area contributed by atoms with Gasteiger partial charge in [0, 0.05) is 24.2 Å². The minimum Gasteiger partial charge on any atom is -0.445 e. The Morgan fingerprint density at radius 2 is 1.42 bits per heavy atom. The van der Waals surface area contributed by atoms with Crippen LogP contribution in [0, 0.1) is 0 Å². The second kappa shape index (κ2) is 10.1. The molecule has 170 valence electrons. The fourth-order valence-electron chi connectivity index (χ4n) is 3.55. The van der Waals surface area contributed by atoms with Crippen LogP contribution in [0.3, 0.4) is 0 Å². The summed E-state index contributed by atoms with van der Waals surface area (Å²) in [7, 11) is -3.78. The highest BCUT2D eigenvalue weighted by molar-refractivity contribution is 7.89. The van der Waals surface area contributed by atoms with Crippen LogP contribution in [-0.4, -0.2) is 50.8 Å². The molecular weight excluding hydrogens is 442 g/mol. The fraction of sp³-hybridized carbons (Fsp3) is 0.200. The van der Waals surface area contributed by atoms with Crippen LogP contribution in [0.4, 0.5) is 0 Å². The Labute approximate surface area is 192 Å². The highest BCUT2D eigenvalue weighted by atomic mass is 32.2. The number of Topliss-reactive ketones (excluding diaryl/α,β-unsaturated/α-hetero) is 1. The second-order valence-corrected chi connectivity index (χ2v) is 9.41. The monoisotopic (exact) mass is 465 g/mol. The van der Waals surface area contributed by atoms with Crippen LogP contribution in [0.15, 0.2) is 89.8 Å². The molecule has 1 fully saturated rings. The van der Waals surface area contributed by atoms with Crippen molar-refractivity contribution in [2.24, 2.45) is 0 Å². The third-order valence-electron chi connectivity index (χ3n) is 5.30. The number of ether oxygens (including phenoxy) is 2. The van der Waals surface area contributed by atoms with Gasteiger partial charge < -0.3 is 9.47 Å². The Bertz CT molecular complexity index is 1220. The van der Waals surface area contributed by atoms with Crippen molar-refractivity contribution in [3.63, 3.8) is 0 Å². The van der Waals surface area contributed by atoms with Gasteiger partial charge in [0.25, 0.3) is 0 Å². The van der Waals surface area contributed by atoms with E-state index in [0.29, 0.717) is 24.3 Å². The molecule has 0 aromatic heterocycles. The lowest BCUT2D eigenvalue weighted by atomic mass is 10.00. The number of rotatable bonds is 7. The Kier molecular flexibility index (Phi) is 6.98. The van der Waals surface area contributed by atoms with Crippen LogP contribution >= 0.6 is 0 Å². The Hall–Kier alpha value is -3.33. The van der Waals surface area contributed by atoms with Crippen molar-refractivity contribution in [1.82, 2.24) is 4.31 Å². The molecule has 0 aliphatic carbocycles. The number of esters is 1. The molecule has 1 atom stereocenters. The van der Waals surface area contributed by atoms with E-state index in [1.807, 2.05) is 0 Å². The molecule has 0 saturated carbocycles. The average molecular weight is 466 g/mol. The molecule has 0 radical (unpaired) electrons. The van der Waals surface area contributed by atoms with Gasteiger partial charge in [-0.25, -0.2) is 13.2 Å². The molecule has 0 spiro atoms. The number of hydrogen-bond donors (Lipinski definition) is 0. The van der Waals surface area contributed by atoms with Crippen LogP contribution in [0.5, 0.6) is 0 Å². The number of ketones is 1. The average Bonchev–Trinajstić information content (AvgIpc) is 2.88. The molecule has 1 aliphatic heterocycles. The highest BCUT2D eigenvalue weighted by Gasteiger charge is 2.29. The van der Waals surface area contributed by atoms with Gasteiger partial charge in [0.1, 0.15) is 0 Å². The van der Waals surface area contributed by atoms with E-state index in [-0.39, 0.29) is 29.3 Å². The van der Waals surface area contributed by atoms with Crippen LogP contribution in [-0.2, 0) is 19.5 Å². The summed E-state index contributed by atoms with van der Waals surface area (Å²) in [6.07, 6.45) is -1.17. The molecular formula is C25H23NO6S. The van der Waals surface area contributed by atoms with E-state index in [9.17, 15) is 18.0 Å². The van der Waals surface area contributed by atoms with Crippen molar-refractivity contribution in [3.8, 4) is 0 Å². The Morgan fingerprint density at radius 1 is 0.818 bits per heavy atom. The lowest BCUT2D eigenvalue weighted by Gasteiger charge is -2.26. The SMILES string of the molecule is O=C(OC(C(=O)c1ccccc1)c1ccccc1)c1cccc(S(=O)(=O)N2CCOCC2)c1. The number of benzene rings is 3. The minimum atomic E-state index is -3.78. The van der Waals surface area contributed by atoms with Gasteiger partial charge in [-0.15, -0.1) is 0 Å². The van der Waals surface area contributed by atoms with E-state index in [1.54, 1.807) is 60.7 Å². The van der Waals surface area contributed by atoms with Crippen molar-refractivity contribution in [2.45, 2.75) is 11.0 Å². The number of hydrogen-bond acceptors (Lipinski definition) is 6. The summed E-state index contributed by atoms with van der Waals surface area (Å²) in [6.45, 7) is 1.14. The van der Waals surface area contributed by atoms with Gasteiger partial charge >= 0.3 is 5.97 Å². The largest absolute Gasteiger partial charge is 0.445 e. The summed E-state index contributed by atoms with van der Waals surface area (Å²) in [5, 5.41) is 0. The number of carbonyl (C=O) groups excluding carboxylic acids is 2. The normalized spacial score (nSPS) is 15.5. The molecule has 1 heterocycles. The standard InChI is InChI=1S/C25H23NO6S/c27-23(19-8-3-1-4-9-19)24(20-10-5-2-6-11-20)32-25(28)21-12-7-13-22(18-21)33(29,30)26-14-16-31-17-15-26/h1-13,18,24H,14-17H2. The van der Waals surface area contributed by atoms with Crippen molar-refractivity contribution in [1.29, 1.82) is 0 Å². The highest BCUT2D eigenvalue weighted by Crippen LogP contribution is 2.25. The molecule has 0 bridgehead atoms. The first-order chi connectivity index (χ1) is 16.0. The summed E-state index contributed by atoms with van der Waals surface area (Å²) >= 11 is 0. The van der Waals surface area contributed by atoms with Gasteiger partial charge in [-0.05, 0) is 18.2 Å². The van der Waals surface area contributed by atoms with Crippen molar-refractivity contribution < 1.29 is 27.5 Å². The third-order valence-corrected chi connectivity index (χ3v) is 7.20. The maximum Gasteiger partial charge on any atom is 0.339 e. The van der Waals surface area contributed by atoms with Crippen LogP contribution in [0.1, 0.15) is 32.4 Å². The van der Waals surface area contributed by atoms with Gasteiger partial charge in [0.05, 0.1) is 23.7 Å². The second-order valence-electron chi connectivity index (χ2n) is 7.47. The molecule has 3 aromatic carbocycles. The predicted molar refractivity (Wildman–Crippen MR) is 121 cm³/mol. The lowest BCUT2D eigenvalue weighted by Crippen LogP contribution is -2.40. The van der Waals surface area contributed by atoms with Crippen molar-refractivity contribution in [3.05, 3.63) is 102 Å². The quantitative estimate of drug-likeness (QED) is 0.392. The Morgan fingerprint density at radius 3 is 2.09 bits per heavy atom. The van der Waals surface area contributed by atoms with E-state index in [1.165, 1.54) is 28.6 Å². The first kappa shape index (κ1) is 22.8. The first-order valence-electron chi connectivity index (χ1n) is 10.5. The zero-order valence-corrected chi connectivity index (χ0v) is 18.6. The predicted octanol–water partition coefficient (Wildman–Crippen LogP) is 3.49. The third kappa shape index (κ3) is 5.19. The molecule has 0 amide bonds. The fourth-order valence-corrected chi connectivity index (χ4v) is 5.00. The van der Waals surface area contributed by atoms with E-state index in [0.717, 1.165) is 0 Å². The maximum atomic E-state index is 13.2. The summed E-state index contributed by atoms with van der Waals surface area (Å²) in [6, 6.07) is 23.0. The molecule has 1 unspecified atom stereocenters. The van der Waals surface area contributed by atoms with Gasteiger partial charge in [-0.2, -0.15) is 4.31 Å². The van der Waals surface area contributed by atoms with Crippen molar-refractivity contribution in [2.75, 3.05) is 26.3 Å². The number of morpholine rings is 1. The first-order valence-corrected chi connectivity index (χ1v) is 11.9. The maximum absolute atomic E-state index is 13.2. The van der Waals surface area contributed by atoms with Gasteiger partial charge in [-0.1, -0.05) is 66.7 Å². The molecule has 7 nitrogen and oxygen atoms in total. The zero-order valence-electron chi connectivity index (χ0n) is 17.8. The molecule has 33 heavy (non-hydrogen) atoms. The lowest BCUT2D eigenvalue weighted by molar-refractivity contribution is 0.0279. The van der Waals surface area contributed by atoms with Crippen molar-refractivity contribution >= 4 is 21.8 Å². The molecule has 0 N–H and O–H groups in total. The van der Waals surface area contributed by atoms with Gasteiger partial charge in [0.15, 0.2) is 6.10 Å². The smallest absolute Gasteiger partial charge is 0.339 e. The van der Waals surface area contributed by atoms with E-state index >= 15 is 0 Å². The number of sulfonamides is 1. The molecule has 1 saturated heterocycles. The number of carbonyl (C=O) groups is 2. The zero-order chi connectivity index (χ0) is 23.3. The Balaban J connectivity index is 1.61. The topological polar surface area (TPSA) is 90.0 Å². The minimum absolute atomic E-state index is 0.00972. The number of nitrogens with zero attached hydrogens (tertiary/aromatic N) is 1. The van der Waals surface area contributed by atoms with Gasteiger partial charge in [-0.3, -0.25) is 4.79 Å². The molecule has 1 aliphatic rings. The van der Waals surface area contributed by atoms with Crippen LogP contribution < -0.4 is 0 Å². The summed E-state index contributed by atoms with van der Waals surface area (Å²) in [5.74, 6) is -1.15. The van der Waals surface area contributed by atoms with E-state index in [2.05, 4.69) is 0 Å². The van der Waals surface area contributed by atoms with E-state index < -0.39 is 22.1 Å². The molecule has 3 aromatic rings. The summed E-state index contributed by atoms with van der Waals surface area (Å²) in [5.41, 5.74) is 0.978. The van der Waals surface area contributed by atoms with Crippen LogP contribution in [0.25, 0.3) is 0 Å². The van der Waals surface area contributed by atoms with E-state index in [4.69, 9.17) is 9.47 Å². The summed E-state index contributed by atoms with van der Waals surface area (Å²) < 4.78 is 38.1. The van der Waals surface area contributed by atoms with Gasteiger partial charge in [0.2, 0.25) is 15.8 Å². The summed E-state index contributed by atoms with van der Waals surface area (Å²) in [4.78, 5) is 26.2.